The largest absolute Gasteiger partial charge is 0.106 e. The molecule has 0 spiro atoms. The van der Waals surface area contributed by atoms with Gasteiger partial charge in [0.1, 0.15) is 0 Å². The normalized spacial score (nSPS) is 6.40. The van der Waals surface area contributed by atoms with Crippen LogP contribution in [-0.4, -0.2) is 0 Å². The highest BCUT2D eigenvalue weighted by Crippen LogP contribution is 1.91. The predicted octanol–water partition coefficient (Wildman–Crippen LogP) is 7.91. The van der Waals surface area contributed by atoms with Crippen LogP contribution in [0.5, 0.6) is 0 Å². The Hall–Kier alpha value is -1.30. The lowest BCUT2D eigenvalue weighted by Gasteiger charge is -1.81. The first-order chi connectivity index (χ1) is 9.66. The van der Waals surface area contributed by atoms with Gasteiger partial charge in [-0.05, 0) is 26.2 Å². The van der Waals surface area contributed by atoms with Crippen LogP contribution in [0, 0.1) is 0 Å². The summed E-state index contributed by atoms with van der Waals surface area (Å²) >= 11 is 0. The topological polar surface area (TPSA) is 0 Å². The molecule has 0 saturated heterocycles. The summed E-state index contributed by atoms with van der Waals surface area (Å²) in [6.45, 7) is 28.3. The number of unbranched alkanes of at least 4 members (excludes halogenated alkanes) is 3. The fraction of sp³-hybridized carbons (Fsp3) is 0.500. The molecule has 0 radical (unpaired) electrons. The summed E-state index contributed by atoms with van der Waals surface area (Å²) in [6.07, 6.45) is 14.7. The fourth-order valence-corrected chi connectivity index (χ4v) is 0.553. The molecule has 0 aromatic carbocycles. The Bertz CT molecular complexity index is 153. The van der Waals surface area contributed by atoms with Crippen LogP contribution in [0.15, 0.2) is 63.8 Å². The van der Waals surface area contributed by atoms with E-state index >= 15 is 0 Å². The van der Waals surface area contributed by atoms with Crippen LogP contribution in [-0.2, 0) is 0 Å². The summed E-state index contributed by atoms with van der Waals surface area (Å²) in [5, 5.41) is 0. The Labute approximate surface area is 130 Å². The van der Waals surface area contributed by atoms with Gasteiger partial charge in [0.15, 0.2) is 0 Å². The van der Waals surface area contributed by atoms with E-state index in [1.807, 2.05) is 25.2 Å². The second-order valence-corrected chi connectivity index (χ2v) is 3.61. The molecule has 0 unspecified atom stereocenters. The Balaban J connectivity index is -0.0000000492. The molecule has 0 saturated carbocycles. The highest BCUT2D eigenvalue weighted by Gasteiger charge is 1.71. The number of hydrogen-bond acceptors (Lipinski definition) is 0. The molecule has 0 N–H and O–H groups in total. The number of hydrogen-bond donors (Lipinski definition) is 0. The Morgan fingerprint density at radius 2 is 1.05 bits per heavy atom. The van der Waals surface area contributed by atoms with E-state index in [0.29, 0.717) is 0 Å². The van der Waals surface area contributed by atoms with E-state index in [2.05, 4.69) is 60.2 Å². The van der Waals surface area contributed by atoms with Crippen molar-refractivity contribution >= 4 is 0 Å². The summed E-state index contributed by atoms with van der Waals surface area (Å²) in [4.78, 5) is 0. The molecule has 0 rings (SSSR count). The molecule has 0 fully saturated rings. The van der Waals surface area contributed by atoms with E-state index in [1.54, 1.807) is 6.08 Å². The SMILES string of the molecule is C=C.C=CC.C=CCC.C=CCCC.C=CCCCC. The molecule has 0 aliphatic carbocycles. The van der Waals surface area contributed by atoms with E-state index in [4.69, 9.17) is 0 Å². The molecule has 0 aliphatic rings. The molecule has 0 amide bonds. The Kier molecular flexibility index (Phi) is 102. The van der Waals surface area contributed by atoms with Gasteiger partial charge in [0.05, 0.1) is 0 Å². The molecule has 120 valence electrons. The second-order valence-electron chi connectivity index (χ2n) is 3.61. The van der Waals surface area contributed by atoms with E-state index < -0.39 is 0 Å². The van der Waals surface area contributed by atoms with Gasteiger partial charge in [0, 0.05) is 0 Å². The van der Waals surface area contributed by atoms with Gasteiger partial charge in [-0.15, -0.1) is 39.5 Å². The van der Waals surface area contributed by atoms with Crippen LogP contribution in [0.1, 0.15) is 66.2 Å². The highest BCUT2D eigenvalue weighted by molar-refractivity contribution is 4.64. The third kappa shape index (κ3) is 186. The van der Waals surface area contributed by atoms with Gasteiger partial charge >= 0.3 is 0 Å². The van der Waals surface area contributed by atoms with Crippen LogP contribution in [0.4, 0.5) is 0 Å². The van der Waals surface area contributed by atoms with Crippen molar-refractivity contribution in [3.05, 3.63) is 63.8 Å². The summed E-state index contributed by atoms with van der Waals surface area (Å²) in [5.74, 6) is 0. The first kappa shape index (κ1) is 31.2. The molecular formula is C20H40. The maximum absolute atomic E-state index is 3.60. The van der Waals surface area contributed by atoms with Gasteiger partial charge in [-0.3, -0.25) is 0 Å². The maximum atomic E-state index is 3.60. The second kappa shape index (κ2) is 65.2. The standard InChI is InChI=1S/C6H12.C5H10.C4H8.C3H6.C2H4/c1-3-5-6-4-2;1-3-5-4-2;1-3-4-2;1-3-2;1-2/h3H,1,4-6H2,2H3;3H,1,4-5H2,2H3;3H,1,4H2,2H3;3H,1H2,2H3;1-2H2. The lowest BCUT2D eigenvalue weighted by molar-refractivity contribution is 0.816. The van der Waals surface area contributed by atoms with E-state index in [9.17, 15) is 0 Å². The van der Waals surface area contributed by atoms with E-state index in [1.165, 1.54) is 25.7 Å². The van der Waals surface area contributed by atoms with Crippen LogP contribution in [0.3, 0.4) is 0 Å². The summed E-state index contributed by atoms with van der Waals surface area (Å²) in [5.41, 5.74) is 0. The van der Waals surface area contributed by atoms with Crippen LogP contribution < -0.4 is 0 Å². The first-order valence-corrected chi connectivity index (χ1v) is 7.56. The monoisotopic (exact) mass is 280 g/mol. The van der Waals surface area contributed by atoms with E-state index in [0.717, 1.165) is 12.8 Å². The fourth-order valence-electron chi connectivity index (χ4n) is 0.553. The molecule has 0 nitrogen and oxygen atoms in total. The van der Waals surface area contributed by atoms with Crippen molar-refractivity contribution in [2.45, 2.75) is 66.2 Å². The molecule has 0 aromatic heterocycles. The smallest absolute Gasteiger partial charge is 0.0354 e. The van der Waals surface area contributed by atoms with Crippen molar-refractivity contribution in [3.8, 4) is 0 Å². The summed E-state index contributed by atoms with van der Waals surface area (Å²) in [6, 6.07) is 0. The van der Waals surface area contributed by atoms with Crippen molar-refractivity contribution in [2.24, 2.45) is 0 Å². The van der Waals surface area contributed by atoms with Crippen molar-refractivity contribution in [1.82, 2.24) is 0 Å². The van der Waals surface area contributed by atoms with Crippen molar-refractivity contribution in [2.75, 3.05) is 0 Å². The maximum Gasteiger partial charge on any atom is -0.0354 e. The van der Waals surface area contributed by atoms with Crippen LogP contribution >= 0.6 is 0 Å². The van der Waals surface area contributed by atoms with Gasteiger partial charge in [0.25, 0.3) is 0 Å². The lowest BCUT2D eigenvalue weighted by atomic mass is 10.3. The third-order valence-corrected chi connectivity index (χ3v) is 1.54. The van der Waals surface area contributed by atoms with Crippen LogP contribution in [0.25, 0.3) is 0 Å². The summed E-state index contributed by atoms with van der Waals surface area (Å²) < 4.78 is 0. The average molecular weight is 281 g/mol. The highest BCUT2D eigenvalue weighted by atomic mass is 13.8. The average Bonchev–Trinajstić information content (AvgIpc) is 2.49. The Morgan fingerprint density at radius 3 is 1.10 bits per heavy atom. The molecule has 0 bridgehead atoms. The lowest BCUT2D eigenvalue weighted by Crippen LogP contribution is -1.61. The molecule has 0 heterocycles. The van der Waals surface area contributed by atoms with Gasteiger partial charge in [0.2, 0.25) is 0 Å². The minimum atomic E-state index is 1.08. The molecule has 0 aromatic rings. The zero-order chi connectivity index (χ0) is 17.1. The van der Waals surface area contributed by atoms with Gasteiger partial charge < -0.3 is 0 Å². The van der Waals surface area contributed by atoms with Gasteiger partial charge in [-0.1, -0.05) is 64.3 Å². The first-order valence-electron chi connectivity index (χ1n) is 7.56. The number of rotatable bonds is 6. The van der Waals surface area contributed by atoms with Gasteiger partial charge in [-0.2, -0.15) is 0 Å². The van der Waals surface area contributed by atoms with Crippen molar-refractivity contribution < 1.29 is 0 Å². The summed E-state index contributed by atoms with van der Waals surface area (Å²) in [7, 11) is 0. The molecule has 0 aliphatic heterocycles. The van der Waals surface area contributed by atoms with Crippen molar-refractivity contribution in [1.29, 1.82) is 0 Å². The third-order valence-electron chi connectivity index (χ3n) is 1.54. The van der Waals surface area contributed by atoms with Crippen molar-refractivity contribution in [3.63, 3.8) is 0 Å². The van der Waals surface area contributed by atoms with Crippen LogP contribution in [0.2, 0.25) is 0 Å². The zero-order valence-corrected chi connectivity index (χ0v) is 14.8. The Morgan fingerprint density at radius 1 is 0.700 bits per heavy atom. The quantitative estimate of drug-likeness (QED) is 0.342. The predicted molar refractivity (Wildman–Crippen MR) is 102 cm³/mol. The molecule has 20 heavy (non-hydrogen) atoms. The zero-order valence-electron chi connectivity index (χ0n) is 14.8. The minimum Gasteiger partial charge on any atom is -0.106 e. The molecule has 0 atom stereocenters. The van der Waals surface area contributed by atoms with Gasteiger partial charge in [-0.25, -0.2) is 0 Å². The van der Waals surface area contributed by atoms with E-state index in [-0.39, 0.29) is 0 Å². The molecule has 0 heteroatoms. The minimum absolute atomic E-state index is 1.08. The molecular weight excluding hydrogens is 240 g/mol. The number of allylic oxidation sites excluding steroid dienone is 4.